The van der Waals surface area contributed by atoms with Gasteiger partial charge in [-0.15, -0.1) is 0 Å². The molecule has 0 aromatic heterocycles. The highest BCUT2D eigenvalue weighted by Gasteiger charge is 2.48. The van der Waals surface area contributed by atoms with Crippen LogP contribution in [0, 0.1) is 28.6 Å². The third-order valence-electron chi connectivity index (χ3n) is 9.01. The Morgan fingerprint density at radius 2 is 1.42 bits per heavy atom. The van der Waals surface area contributed by atoms with E-state index in [9.17, 15) is 0 Å². The number of rotatable bonds is 9. The van der Waals surface area contributed by atoms with Gasteiger partial charge in [0, 0.05) is 0 Å². The Balaban J connectivity index is 1.42. The first-order chi connectivity index (χ1) is 12.5. The average Bonchev–Trinajstić information content (AvgIpc) is 2.64. The van der Waals surface area contributed by atoms with Crippen molar-refractivity contribution in [3.63, 3.8) is 0 Å². The summed E-state index contributed by atoms with van der Waals surface area (Å²) in [5, 5.41) is 0. The maximum atomic E-state index is 15.1. The Hall–Kier alpha value is -0.0700. The molecule has 0 spiro atoms. The van der Waals surface area contributed by atoms with E-state index in [0.717, 1.165) is 24.7 Å². The van der Waals surface area contributed by atoms with E-state index in [-0.39, 0.29) is 0 Å². The van der Waals surface area contributed by atoms with Crippen LogP contribution in [0.25, 0.3) is 0 Å². The van der Waals surface area contributed by atoms with Crippen molar-refractivity contribution >= 4 is 0 Å². The fourth-order valence-corrected chi connectivity index (χ4v) is 7.16. The fourth-order valence-electron chi connectivity index (χ4n) is 7.16. The molecule has 26 heavy (non-hydrogen) atoms. The van der Waals surface area contributed by atoms with Crippen LogP contribution in [0.2, 0.25) is 0 Å². The molecule has 0 aromatic rings. The standard InChI is InChI=1S/C25H45F/c1-4-6-21-7-9-22(10-8-21)20(3)18-23(26)19-25-15-12-24(11-5-2,13-16-25)14-17-25/h20-23H,4-19H2,1-3H3. The Bertz CT molecular complexity index is 395. The quantitative estimate of drug-likeness (QED) is 0.385. The van der Waals surface area contributed by atoms with Crippen molar-refractivity contribution in [1.29, 1.82) is 0 Å². The van der Waals surface area contributed by atoms with E-state index in [4.69, 9.17) is 0 Å². The highest BCUT2D eigenvalue weighted by Crippen LogP contribution is 2.60. The van der Waals surface area contributed by atoms with Gasteiger partial charge in [-0.05, 0) is 99.2 Å². The van der Waals surface area contributed by atoms with E-state index >= 15 is 4.39 Å². The molecular formula is C25H45F. The Morgan fingerprint density at radius 1 is 0.846 bits per heavy atom. The third-order valence-corrected chi connectivity index (χ3v) is 9.01. The maximum Gasteiger partial charge on any atom is 0.101 e. The summed E-state index contributed by atoms with van der Waals surface area (Å²) in [5.74, 6) is 2.36. The molecule has 2 unspecified atom stereocenters. The van der Waals surface area contributed by atoms with E-state index in [1.165, 1.54) is 89.9 Å². The lowest BCUT2D eigenvalue weighted by Crippen LogP contribution is -2.42. The number of hydrogen-bond donors (Lipinski definition) is 0. The largest absolute Gasteiger partial charge is 0.247 e. The van der Waals surface area contributed by atoms with Gasteiger partial charge in [-0.25, -0.2) is 4.39 Å². The molecule has 4 aliphatic carbocycles. The van der Waals surface area contributed by atoms with Gasteiger partial charge in [0.1, 0.15) is 6.17 Å². The van der Waals surface area contributed by atoms with Crippen molar-refractivity contribution < 1.29 is 4.39 Å². The number of alkyl halides is 1. The minimum atomic E-state index is -0.546. The minimum Gasteiger partial charge on any atom is -0.247 e. The zero-order valence-electron chi connectivity index (χ0n) is 18.0. The Morgan fingerprint density at radius 3 is 1.96 bits per heavy atom. The van der Waals surface area contributed by atoms with Gasteiger partial charge in [-0.1, -0.05) is 52.9 Å². The highest BCUT2D eigenvalue weighted by molar-refractivity contribution is 5.00. The third kappa shape index (κ3) is 4.85. The summed E-state index contributed by atoms with van der Waals surface area (Å²) in [6.07, 6.45) is 20.4. The predicted octanol–water partition coefficient (Wildman–Crippen LogP) is 8.49. The summed E-state index contributed by atoms with van der Waals surface area (Å²) >= 11 is 0. The normalized spacial score (nSPS) is 39.7. The first-order valence-electron chi connectivity index (χ1n) is 12.1. The van der Waals surface area contributed by atoms with Gasteiger partial charge in [0.05, 0.1) is 0 Å². The second-order valence-electron chi connectivity index (χ2n) is 10.8. The topological polar surface area (TPSA) is 0 Å². The first-order valence-corrected chi connectivity index (χ1v) is 12.1. The van der Waals surface area contributed by atoms with Crippen LogP contribution in [0.5, 0.6) is 0 Å². The molecule has 0 amide bonds. The minimum absolute atomic E-state index is 0.382. The average molecular weight is 365 g/mol. The molecule has 0 nitrogen and oxygen atoms in total. The van der Waals surface area contributed by atoms with E-state index in [2.05, 4.69) is 20.8 Å². The Labute approximate surface area is 163 Å². The zero-order chi connectivity index (χ0) is 18.6. The van der Waals surface area contributed by atoms with Gasteiger partial charge >= 0.3 is 0 Å². The summed E-state index contributed by atoms with van der Waals surface area (Å²) in [6.45, 7) is 6.99. The van der Waals surface area contributed by atoms with Gasteiger partial charge in [0.2, 0.25) is 0 Å². The second-order valence-corrected chi connectivity index (χ2v) is 10.8. The van der Waals surface area contributed by atoms with Crippen LogP contribution in [0.1, 0.15) is 124 Å². The van der Waals surface area contributed by atoms with Crippen molar-refractivity contribution in [2.75, 3.05) is 0 Å². The van der Waals surface area contributed by atoms with E-state index < -0.39 is 6.17 Å². The van der Waals surface area contributed by atoms with Crippen molar-refractivity contribution in [1.82, 2.24) is 0 Å². The van der Waals surface area contributed by atoms with Crippen molar-refractivity contribution in [2.45, 2.75) is 130 Å². The van der Waals surface area contributed by atoms with E-state index in [0.29, 0.717) is 16.7 Å². The molecule has 0 saturated heterocycles. The van der Waals surface area contributed by atoms with Gasteiger partial charge in [-0.2, -0.15) is 0 Å². The van der Waals surface area contributed by atoms with Crippen LogP contribution >= 0.6 is 0 Å². The van der Waals surface area contributed by atoms with Gasteiger partial charge in [-0.3, -0.25) is 0 Å². The lowest BCUT2D eigenvalue weighted by Gasteiger charge is -2.54. The number of hydrogen-bond acceptors (Lipinski definition) is 0. The molecule has 0 aromatic carbocycles. The highest BCUT2D eigenvalue weighted by atomic mass is 19.1. The molecule has 4 fully saturated rings. The van der Waals surface area contributed by atoms with E-state index in [1.807, 2.05) is 0 Å². The van der Waals surface area contributed by atoms with Crippen LogP contribution in [0.4, 0.5) is 4.39 Å². The monoisotopic (exact) mass is 364 g/mol. The molecule has 4 aliphatic rings. The molecule has 0 N–H and O–H groups in total. The van der Waals surface area contributed by atoms with Crippen molar-refractivity contribution in [3.05, 3.63) is 0 Å². The summed E-state index contributed by atoms with van der Waals surface area (Å²) in [5.41, 5.74) is 1.04. The van der Waals surface area contributed by atoms with Crippen LogP contribution in [0.3, 0.4) is 0 Å². The lowest BCUT2D eigenvalue weighted by molar-refractivity contribution is -0.0351. The molecule has 2 atom stereocenters. The van der Waals surface area contributed by atoms with Crippen molar-refractivity contribution in [3.8, 4) is 0 Å². The molecule has 0 radical (unpaired) electrons. The molecule has 1 heteroatoms. The summed E-state index contributed by atoms with van der Waals surface area (Å²) in [7, 11) is 0. The van der Waals surface area contributed by atoms with Crippen LogP contribution in [0.15, 0.2) is 0 Å². The summed E-state index contributed by atoms with van der Waals surface area (Å²) < 4.78 is 15.1. The first kappa shape index (κ1) is 20.7. The zero-order valence-corrected chi connectivity index (χ0v) is 18.0. The lowest BCUT2D eigenvalue weighted by atomic mass is 9.51. The van der Waals surface area contributed by atoms with Crippen LogP contribution in [-0.4, -0.2) is 6.17 Å². The number of halogens is 1. The second kappa shape index (κ2) is 8.95. The molecule has 152 valence electrons. The Kier molecular flexibility index (Phi) is 7.11. The fraction of sp³-hybridized carbons (Fsp3) is 1.00. The summed E-state index contributed by atoms with van der Waals surface area (Å²) in [4.78, 5) is 0. The van der Waals surface area contributed by atoms with Gasteiger partial charge in [0.15, 0.2) is 0 Å². The van der Waals surface area contributed by atoms with Crippen molar-refractivity contribution in [2.24, 2.45) is 28.6 Å². The molecule has 4 saturated carbocycles. The van der Waals surface area contributed by atoms with Gasteiger partial charge < -0.3 is 0 Å². The molecule has 2 bridgehead atoms. The van der Waals surface area contributed by atoms with Crippen LogP contribution in [-0.2, 0) is 0 Å². The summed E-state index contributed by atoms with van der Waals surface area (Å²) in [6, 6.07) is 0. The predicted molar refractivity (Wildman–Crippen MR) is 111 cm³/mol. The van der Waals surface area contributed by atoms with E-state index in [1.54, 1.807) is 0 Å². The SMILES string of the molecule is CCCC1CCC(C(C)CC(F)CC23CCC(CCC)(CC2)CC3)CC1. The molecule has 0 aliphatic heterocycles. The smallest absolute Gasteiger partial charge is 0.101 e. The number of fused-ring (bicyclic) bond motifs is 3. The van der Waals surface area contributed by atoms with Gasteiger partial charge in [0.25, 0.3) is 0 Å². The molecule has 4 rings (SSSR count). The molecule has 0 heterocycles. The van der Waals surface area contributed by atoms with Crippen LogP contribution < -0.4 is 0 Å². The molecular weight excluding hydrogens is 319 g/mol. The maximum absolute atomic E-state index is 15.1.